The van der Waals surface area contributed by atoms with Gasteiger partial charge in [-0.05, 0) is 64.2 Å². The minimum atomic E-state index is -0.778. The lowest BCUT2D eigenvalue weighted by molar-refractivity contribution is -0.167. The highest BCUT2D eigenvalue weighted by atomic mass is 16.6. The Morgan fingerprint density at radius 3 is 1.02 bits per heavy atom. The summed E-state index contributed by atoms with van der Waals surface area (Å²) in [5.74, 6) is -0.885. The summed E-state index contributed by atoms with van der Waals surface area (Å²) in [5, 5.41) is 0. The first-order valence-corrected chi connectivity index (χ1v) is 26.7. The fourth-order valence-electron chi connectivity index (χ4n) is 7.61. The Kier molecular flexibility index (Phi) is 48.8. The molecule has 360 valence electrons. The first-order chi connectivity index (χ1) is 30.5. The van der Waals surface area contributed by atoms with Crippen molar-refractivity contribution in [2.75, 3.05) is 13.2 Å². The number of unbranched alkanes of at least 4 members (excludes halogenated alkanes) is 31. The predicted molar refractivity (Wildman–Crippen MR) is 265 cm³/mol. The summed E-state index contributed by atoms with van der Waals surface area (Å²) in [6, 6.07) is 0. The van der Waals surface area contributed by atoms with E-state index in [2.05, 4.69) is 69.4 Å². The summed E-state index contributed by atoms with van der Waals surface area (Å²) < 4.78 is 16.8. The fraction of sp³-hybridized carbons (Fsp3) is 0.804. The topological polar surface area (TPSA) is 78.9 Å². The lowest BCUT2D eigenvalue weighted by atomic mass is 10.0. The van der Waals surface area contributed by atoms with Gasteiger partial charge in [0.05, 0.1) is 0 Å². The Morgan fingerprint density at radius 1 is 0.339 bits per heavy atom. The van der Waals surface area contributed by atoms with Crippen LogP contribution in [0.2, 0.25) is 0 Å². The van der Waals surface area contributed by atoms with E-state index in [0.717, 1.165) is 70.6 Å². The summed E-state index contributed by atoms with van der Waals surface area (Å²) in [7, 11) is 0. The fourth-order valence-corrected chi connectivity index (χ4v) is 7.61. The molecule has 1 atom stereocenters. The van der Waals surface area contributed by atoms with Crippen LogP contribution >= 0.6 is 0 Å². The average Bonchev–Trinajstić information content (AvgIpc) is 3.27. The molecule has 0 aliphatic rings. The third-order valence-corrected chi connectivity index (χ3v) is 11.6. The van der Waals surface area contributed by atoms with Gasteiger partial charge in [0.1, 0.15) is 13.2 Å². The second-order valence-electron chi connectivity index (χ2n) is 17.8. The van der Waals surface area contributed by atoms with Crippen molar-refractivity contribution in [3.63, 3.8) is 0 Å². The van der Waals surface area contributed by atoms with Gasteiger partial charge in [-0.2, -0.15) is 0 Å². The van der Waals surface area contributed by atoms with Crippen LogP contribution in [0.5, 0.6) is 0 Å². The molecule has 0 aliphatic carbocycles. The van der Waals surface area contributed by atoms with Gasteiger partial charge in [-0.3, -0.25) is 14.4 Å². The second-order valence-corrected chi connectivity index (χ2v) is 17.8. The van der Waals surface area contributed by atoms with Crippen LogP contribution in [0.15, 0.2) is 48.6 Å². The van der Waals surface area contributed by atoms with Crippen LogP contribution < -0.4 is 0 Å². The molecule has 0 spiro atoms. The van der Waals surface area contributed by atoms with Gasteiger partial charge in [0.2, 0.25) is 0 Å². The highest BCUT2D eigenvalue weighted by molar-refractivity contribution is 5.71. The Bertz CT molecular complexity index is 1090. The molecule has 62 heavy (non-hydrogen) atoms. The summed E-state index contributed by atoms with van der Waals surface area (Å²) in [6.07, 6.45) is 60.9. The molecule has 0 heterocycles. The van der Waals surface area contributed by atoms with E-state index in [1.807, 2.05) is 0 Å². The molecule has 0 aromatic carbocycles. The van der Waals surface area contributed by atoms with Gasteiger partial charge in [0, 0.05) is 19.3 Å². The van der Waals surface area contributed by atoms with Crippen LogP contribution in [0, 0.1) is 0 Å². The lowest BCUT2D eigenvalue weighted by Crippen LogP contribution is -2.30. The third-order valence-electron chi connectivity index (χ3n) is 11.6. The van der Waals surface area contributed by atoms with Crippen molar-refractivity contribution in [1.29, 1.82) is 0 Å². The number of rotatable bonds is 48. The van der Waals surface area contributed by atoms with Gasteiger partial charge >= 0.3 is 17.9 Å². The molecule has 0 aromatic rings. The molecule has 6 heteroatoms. The molecule has 0 radical (unpaired) electrons. The Morgan fingerprint density at radius 2 is 0.645 bits per heavy atom. The van der Waals surface area contributed by atoms with Crippen molar-refractivity contribution >= 4 is 17.9 Å². The average molecular weight is 869 g/mol. The molecule has 0 saturated carbocycles. The van der Waals surface area contributed by atoms with E-state index in [4.69, 9.17) is 14.2 Å². The molecule has 6 nitrogen and oxygen atoms in total. The van der Waals surface area contributed by atoms with E-state index in [1.165, 1.54) is 161 Å². The van der Waals surface area contributed by atoms with Crippen LogP contribution in [0.1, 0.15) is 271 Å². The maximum Gasteiger partial charge on any atom is 0.306 e. The van der Waals surface area contributed by atoms with E-state index >= 15 is 0 Å². The Balaban J connectivity index is 4.36. The molecule has 0 amide bonds. The molecule has 0 aromatic heterocycles. The number of ether oxygens (including phenoxy) is 3. The van der Waals surface area contributed by atoms with E-state index in [0.29, 0.717) is 19.3 Å². The lowest BCUT2D eigenvalue weighted by Gasteiger charge is -2.18. The van der Waals surface area contributed by atoms with Crippen LogP contribution in [0.3, 0.4) is 0 Å². The first kappa shape index (κ1) is 59.4. The molecule has 0 N–H and O–H groups in total. The highest BCUT2D eigenvalue weighted by Gasteiger charge is 2.19. The zero-order valence-electron chi connectivity index (χ0n) is 41.1. The van der Waals surface area contributed by atoms with Crippen molar-refractivity contribution in [3.8, 4) is 0 Å². The third kappa shape index (κ3) is 48.4. The van der Waals surface area contributed by atoms with Crippen LogP contribution in [0.4, 0.5) is 0 Å². The zero-order valence-corrected chi connectivity index (χ0v) is 41.1. The first-order valence-electron chi connectivity index (χ1n) is 26.7. The Hall–Kier alpha value is -2.63. The van der Waals surface area contributed by atoms with Gasteiger partial charge in [-0.15, -0.1) is 0 Å². The van der Waals surface area contributed by atoms with Crippen molar-refractivity contribution in [2.45, 2.75) is 277 Å². The maximum atomic E-state index is 12.8. The van der Waals surface area contributed by atoms with Crippen molar-refractivity contribution in [1.82, 2.24) is 0 Å². The molecule has 0 rings (SSSR count). The number of hydrogen-bond acceptors (Lipinski definition) is 6. The summed E-state index contributed by atoms with van der Waals surface area (Å²) >= 11 is 0. The number of carbonyl (C=O) groups is 3. The number of hydrogen-bond donors (Lipinski definition) is 0. The number of carbonyl (C=O) groups excluding carboxylic acids is 3. The van der Waals surface area contributed by atoms with E-state index in [9.17, 15) is 14.4 Å². The molecule has 0 saturated heterocycles. The molecular weight excluding hydrogens is 769 g/mol. The van der Waals surface area contributed by atoms with Crippen LogP contribution in [0.25, 0.3) is 0 Å². The zero-order chi connectivity index (χ0) is 45.1. The second kappa shape index (κ2) is 51.0. The van der Waals surface area contributed by atoms with E-state index in [-0.39, 0.29) is 31.1 Å². The van der Waals surface area contributed by atoms with Gasteiger partial charge < -0.3 is 14.2 Å². The van der Waals surface area contributed by atoms with Crippen molar-refractivity contribution in [3.05, 3.63) is 48.6 Å². The van der Waals surface area contributed by atoms with Crippen molar-refractivity contribution in [2.24, 2.45) is 0 Å². The minimum absolute atomic E-state index is 0.0770. The Labute approximate surface area is 384 Å². The minimum Gasteiger partial charge on any atom is -0.462 e. The van der Waals surface area contributed by atoms with Crippen LogP contribution in [-0.2, 0) is 28.6 Å². The molecule has 0 fully saturated rings. The molecule has 1 unspecified atom stereocenters. The van der Waals surface area contributed by atoms with Gasteiger partial charge in [0.15, 0.2) is 6.10 Å². The predicted octanol–water partition coefficient (Wildman–Crippen LogP) is 17.5. The SMILES string of the molecule is CC\C=C/C=C\C=C/CCCCCCCCCC(=O)OC(COC(=O)CCCCCCCCC/C=C\CCCCCCCC)COC(=O)CCCCCCCCCCCCCC. The van der Waals surface area contributed by atoms with E-state index in [1.54, 1.807) is 0 Å². The summed E-state index contributed by atoms with van der Waals surface area (Å²) in [4.78, 5) is 38.0. The smallest absolute Gasteiger partial charge is 0.306 e. The van der Waals surface area contributed by atoms with Gasteiger partial charge in [-0.25, -0.2) is 0 Å². The molecular formula is C56H100O6. The number of allylic oxidation sites excluding steroid dienone is 8. The molecule has 0 bridgehead atoms. The van der Waals surface area contributed by atoms with Gasteiger partial charge in [-0.1, -0.05) is 236 Å². The molecule has 0 aliphatic heterocycles. The maximum absolute atomic E-state index is 12.8. The summed E-state index contributed by atoms with van der Waals surface area (Å²) in [6.45, 7) is 6.51. The van der Waals surface area contributed by atoms with Crippen molar-refractivity contribution < 1.29 is 28.6 Å². The monoisotopic (exact) mass is 869 g/mol. The standard InChI is InChI=1S/C56H100O6/c1-4-7-10-13-16-19-22-25-27-28-30-31-34-37-40-43-46-49-55(58)61-52-53(51-60-54(57)48-45-42-39-36-33-24-21-18-15-12-9-6-3)62-56(59)50-47-44-41-38-35-32-29-26-23-20-17-14-11-8-5-2/h8,11,14,17,20,23,25,27,53H,4-7,9-10,12-13,15-16,18-19,21-22,24,26,28-52H2,1-3H3/b11-8-,17-14-,23-20-,27-25-. The number of esters is 3. The summed E-state index contributed by atoms with van der Waals surface area (Å²) in [5.41, 5.74) is 0. The van der Waals surface area contributed by atoms with Gasteiger partial charge in [0.25, 0.3) is 0 Å². The van der Waals surface area contributed by atoms with Crippen LogP contribution in [-0.4, -0.2) is 37.2 Å². The normalized spacial score (nSPS) is 12.4. The largest absolute Gasteiger partial charge is 0.462 e. The van der Waals surface area contributed by atoms with E-state index < -0.39 is 6.10 Å². The quantitative estimate of drug-likeness (QED) is 0.0199. The highest BCUT2D eigenvalue weighted by Crippen LogP contribution is 2.15.